The van der Waals surface area contributed by atoms with E-state index in [9.17, 15) is 9.59 Å². The largest absolute Gasteiger partial charge is 0.478 e. The normalized spacial score (nSPS) is 9.09. The van der Waals surface area contributed by atoms with Gasteiger partial charge in [0.15, 0.2) is 0 Å². The molecule has 0 radical (unpaired) electrons. The summed E-state index contributed by atoms with van der Waals surface area (Å²) in [5.74, 6) is -2.25. The summed E-state index contributed by atoms with van der Waals surface area (Å²) in [6.45, 7) is 4.44. The number of carbonyl (C=O) groups is 2. The Balaban J connectivity index is 0.000000224. The molecule has 0 unspecified atom stereocenters. The van der Waals surface area contributed by atoms with Crippen LogP contribution in [0.3, 0.4) is 0 Å². The minimum absolute atomic E-state index is 0.0186. The van der Waals surface area contributed by atoms with Gasteiger partial charge >= 0.3 is 11.9 Å². The second-order valence-corrected chi connectivity index (χ2v) is 4.23. The molecule has 2 aromatic carbocycles. The number of para-hydroxylation sites is 1. The zero-order valence-corrected chi connectivity index (χ0v) is 11.9. The molecule has 114 valence electrons. The summed E-state index contributed by atoms with van der Waals surface area (Å²) in [5, 5.41) is 20.2. The topological polar surface area (TPSA) is 86.6 Å². The average molecular weight is 299 g/mol. The number of aromatic carboxylic acids is 2. The quantitative estimate of drug-likeness (QED) is 0.737. The number of carboxylic acids is 2. The van der Waals surface area contributed by atoms with Crippen molar-refractivity contribution in [1.29, 1.82) is 0 Å². The monoisotopic (exact) mass is 299 g/mol. The summed E-state index contributed by atoms with van der Waals surface area (Å²) in [7, 11) is 0. The minimum Gasteiger partial charge on any atom is -0.478 e. The lowest BCUT2D eigenvalue weighted by Gasteiger charge is -2.00. The number of nitrogens with one attached hydrogen (secondary N) is 1. The third kappa shape index (κ3) is 5.92. The van der Waals surface area contributed by atoms with Crippen molar-refractivity contribution < 1.29 is 19.8 Å². The predicted molar refractivity (Wildman–Crippen MR) is 85.5 cm³/mol. The van der Waals surface area contributed by atoms with Crippen LogP contribution in [0.2, 0.25) is 0 Å². The van der Waals surface area contributed by atoms with E-state index in [0.717, 1.165) is 18.3 Å². The van der Waals surface area contributed by atoms with Crippen LogP contribution < -0.4 is 5.32 Å². The standard InChI is InChI=1S/C9H11N.C8H6O4/c1-2-8-10-9-6-4-3-5-7-9;9-7(10)5-2-1-3-6(4-5)8(11)12/h2-7,10H,1,8H2;1-4H,(H,9,10)(H,11,12). The molecule has 0 saturated heterocycles. The maximum atomic E-state index is 10.4. The molecule has 3 N–H and O–H groups in total. The van der Waals surface area contributed by atoms with Crippen LogP contribution in [0.1, 0.15) is 20.7 Å². The Bertz CT molecular complexity index is 609. The molecular formula is C17H17NO4. The van der Waals surface area contributed by atoms with Crippen molar-refractivity contribution in [3.63, 3.8) is 0 Å². The molecule has 0 atom stereocenters. The van der Waals surface area contributed by atoms with E-state index in [2.05, 4.69) is 11.9 Å². The summed E-state index contributed by atoms with van der Waals surface area (Å²) < 4.78 is 0. The SMILES string of the molecule is C=CCNc1ccccc1.O=C(O)c1cccc(C(=O)O)c1. The molecule has 5 heteroatoms. The first kappa shape index (κ1) is 17.0. The fourth-order valence-corrected chi connectivity index (χ4v) is 1.53. The van der Waals surface area contributed by atoms with E-state index in [1.165, 1.54) is 18.2 Å². The number of hydrogen-bond acceptors (Lipinski definition) is 3. The Morgan fingerprint density at radius 1 is 0.955 bits per heavy atom. The summed E-state index contributed by atoms with van der Waals surface area (Å²) >= 11 is 0. The van der Waals surface area contributed by atoms with Crippen LogP contribution in [-0.4, -0.2) is 28.7 Å². The van der Waals surface area contributed by atoms with Crippen LogP contribution in [-0.2, 0) is 0 Å². The molecule has 0 aliphatic heterocycles. The van der Waals surface area contributed by atoms with Gasteiger partial charge in [0.2, 0.25) is 0 Å². The van der Waals surface area contributed by atoms with Crippen molar-refractivity contribution in [3.05, 3.63) is 78.4 Å². The van der Waals surface area contributed by atoms with Crippen LogP contribution in [0.25, 0.3) is 0 Å². The minimum atomic E-state index is -1.13. The highest BCUT2D eigenvalue weighted by molar-refractivity contribution is 5.93. The fraction of sp³-hybridized carbons (Fsp3) is 0.0588. The molecule has 0 aliphatic carbocycles. The predicted octanol–water partition coefficient (Wildman–Crippen LogP) is 3.37. The molecule has 2 aromatic rings. The second kappa shape index (κ2) is 8.97. The van der Waals surface area contributed by atoms with Gasteiger partial charge in [0.05, 0.1) is 11.1 Å². The molecule has 2 rings (SSSR count). The summed E-state index contributed by atoms with van der Waals surface area (Å²) in [5.41, 5.74) is 1.10. The van der Waals surface area contributed by atoms with E-state index in [1.807, 2.05) is 36.4 Å². The third-order valence-corrected chi connectivity index (χ3v) is 2.58. The molecule has 22 heavy (non-hydrogen) atoms. The first-order valence-corrected chi connectivity index (χ1v) is 6.51. The molecule has 0 bridgehead atoms. The Kier molecular flexibility index (Phi) is 6.92. The van der Waals surface area contributed by atoms with Gasteiger partial charge in [-0.25, -0.2) is 9.59 Å². The number of rotatable bonds is 5. The summed E-state index contributed by atoms with van der Waals surface area (Å²) in [6, 6.07) is 15.3. The van der Waals surface area contributed by atoms with E-state index in [1.54, 1.807) is 0 Å². The van der Waals surface area contributed by atoms with E-state index in [0.29, 0.717) is 0 Å². The lowest BCUT2D eigenvalue weighted by atomic mass is 10.1. The second-order valence-electron chi connectivity index (χ2n) is 4.23. The van der Waals surface area contributed by atoms with Crippen molar-refractivity contribution in [2.24, 2.45) is 0 Å². The van der Waals surface area contributed by atoms with Crippen molar-refractivity contribution >= 4 is 17.6 Å². The van der Waals surface area contributed by atoms with Gasteiger partial charge in [-0.15, -0.1) is 6.58 Å². The Morgan fingerprint density at radius 3 is 1.95 bits per heavy atom. The fourth-order valence-electron chi connectivity index (χ4n) is 1.53. The molecule has 0 saturated carbocycles. The van der Waals surface area contributed by atoms with Gasteiger partial charge in [-0.3, -0.25) is 0 Å². The number of benzene rings is 2. The van der Waals surface area contributed by atoms with E-state index < -0.39 is 11.9 Å². The maximum absolute atomic E-state index is 10.4. The molecule has 5 nitrogen and oxygen atoms in total. The number of carboxylic acid groups (broad SMARTS) is 2. The van der Waals surface area contributed by atoms with Crippen molar-refractivity contribution in [1.82, 2.24) is 0 Å². The van der Waals surface area contributed by atoms with Gasteiger partial charge in [0, 0.05) is 12.2 Å². The first-order valence-electron chi connectivity index (χ1n) is 6.51. The smallest absolute Gasteiger partial charge is 0.335 e. The molecule has 0 aromatic heterocycles. The van der Waals surface area contributed by atoms with Gasteiger partial charge in [0.1, 0.15) is 0 Å². The van der Waals surface area contributed by atoms with Crippen LogP contribution in [0.15, 0.2) is 67.3 Å². The maximum Gasteiger partial charge on any atom is 0.335 e. The van der Waals surface area contributed by atoms with Gasteiger partial charge in [-0.2, -0.15) is 0 Å². The molecule has 0 fully saturated rings. The Labute approximate surface area is 128 Å². The van der Waals surface area contributed by atoms with Gasteiger partial charge < -0.3 is 15.5 Å². The van der Waals surface area contributed by atoms with Crippen molar-refractivity contribution in [3.8, 4) is 0 Å². The van der Waals surface area contributed by atoms with E-state index >= 15 is 0 Å². The first-order chi connectivity index (χ1) is 10.5. The molecule has 0 amide bonds. The van der Waals surface area contributed by atoms with E-state index in [4.69, 9.17) is 10.2 Å². The zero-order valence-electron chi connectivity index (χ0n) is 11.9. The molecular weight excluding hydrogens is 282 g/mol. The van der Waals surface area contributed by atoms with Gasteiger partial charge in [-0.05, 0) is 30.3 Å². The summed E-state index contributed by atoms with van der Waals surface area (Å²) in [4.78, 5) is 20.8. The van der Waals surface area contributed by atoms with Gasteiger partial charge in [0.25, 0.3) is 0 Å². The molecule has 0 spiro atoms. The third-order valence-electron chi connectivity index (χ3n) is 2.58. The number of anilines is 1. The zero-order chi connectivity index (χ0) is 16.4. The van der Waals surface area contributed by atoms with Crippen LogP contribution in [0.5, 0.6) is 0 Å². The van der Waals surface area contributed by atoms with E-state index in [-0.39, 0.29) is 11.1 Å². The van der Waals surface area contributed by atoms with Crippen LogP contribution in [0.4, 0.5) is 5.69 Å². The Hall–Kier alpha value is -3.08. The molecule has 0 heterocycles. The summed E-state index contributed by atoms with van der Waals surface area (Å²) in [6.07, 6.45) is 1.84. The Morgan fingerprint density at radius 2 is 1.50 bits per heavy atom. The lowest BCUT2D eigenvalue weighted by molar-refractivity contribution is 0.0696. The lowest BCUT2D eigenvalue weighted by Crippen LogP contribution is -2.01. The average Bonchev–Trinajstić information content (AvgIpc) is 2.54. The van der Waals surface area contributed by atoms with Crippen molar-refractivity contribution in [2.45, 2.75) is 0 Å². The van der Waals surface area contributed by atoms with Crippen LogP contribution in [0, 0.1) is 0 Å². The van der Waals surface area contributed by atoms with Crippen molar-refractivity contribution in [2.75, 3.05) is 11.9 Å². The van der Waals surface area contributed by atoms with Gasteiger partial charge in [-0.1, -0.05) is 30.3 Å². The highest BCUT2D eigenvalue weighted by atomic mass is 16.4. The molecule has 0 aliphatic rings. The highest BCUT2D eigenvalue weighted by Gasteiger charge is 2.06. The van der Waals surface area contributed by atoms with Crippen LogP contribution >= 0.6 is 0 Å². The number of hydrogen-bond donors (Lipinski definition) is 3. The highest BCUT2D eigenvalue weighted by Crippen LogP contribution is 2.05.